The van der Waals surface area contributed by atoms with Gasteiger partial charge in [-0.05, 0) is 36.6 Å². The summed E-state index contributed by atoms with van der Waals surface area (Å²) in [4.78, 5) is 12.6. The Morgan fingerprint density at radius 1 is 1.20 bits per heavy atom. The van der Waals surface area contributed by atoms with Gasteiger partial charge in [0, 0.05) is 0 Å². The summed E-state index contributed by atoms with van der Waals surface area (Å²) in [6.07, 6.45) is -0.927. The van der Waals surface area contributed by atoms with Crippen LogP contribution in [0.2, 0.25) is 0 Å². The van der Waals surface area contributed by atoms with E-state index in [1.165, 1.54) is 4.31 Å². The Morgan fingerprint density at radius 2 is 1.90 bits per heavy atom. The molecule has 30 heavy (non-hydrogen) atoms. The topological polar surface area (TPSA) is 84.9 Å². The molecule has 8 heteroatoms. The molecule has 1 amide bonds. The molecule has 0 radical (unpaired) electrons. The van der Waals surface area contributed by atoms with Gasteiger partial charge in [-0.3, -0.25) is 9.10 Å². The number of hydrogen-bond acceptors (Lipinski definition) is 5. The summed E-state index contributed by atoms with van der Waals surface area (Å²) in [6, 6.07) is 14.6. The maximum atomic E-state index is 12.6. The van der Waals surface area contributed by atoms with Gasteiger partial charge in [0.05, 0.1) is 24.5 Å². The SMILES string of the molecule is CCS(=O)(=O)N1C[C@H](C(=O)NCCOc2ccccc2C(C)C)Oc2ccccc21. The molecule has 0 fully saturated rings. The smallest absolute Gasteiger partial charge is 0.263 e. The van der Waals surface area contributed by atoms with Crippen LogP contribution in [0, 0.1) is 0 Å². The van der Waals surface area contributed by atoms with E-state index < -0.39 is 16.1 Å². The fourth-order valence-corrected chi connectivity index (χ4v) is 4.42. The molecule has 0 aromatic heterocycles. The number of amides is 1. The molecule has 0 saturated carbocycles. The average Bonchev–Trinajstić information content (AvgIpc) is 2.75. The van der Waals surface area contributed by atoms with Gasteiger partial charge in [-0.15, -0.1) is 0 Å². The molecule has 1 atom stereocenters. The standard InChI is InChI=1S/C22H28N2O5S/c1-4-30(26,27)24-15-21(29-20-12-8-6-10-18(20)24)22(25)23-13-14-28-19-11-7-5-9-17(19)16(2)3/h5-12,16,21H,4,13-15H2,1-3H3,(H,23,25)/t21-/m1/s1. The molecule has 0 bridgehead atoms. The Bertz CT molecular complexity index is 991. The van der Waals surface area contributed by atoms with Gasteiger partial charge in [-0.1, -0.05) is 44.2 Å². The van der Waals surface area contributed by atoms with Gasteiger partial charge in [0.15, 0.2) is 6.10 Å². The van der Waals surface area contributed by atoms with Gasteiger partial charge in [-0.25, -0.2) is 8.42 Å². The van der Waals surface area contributed by atoms with Crippen LogP contribution >= 0.6 is 0 Å². The third kappa shape index (κ3) is 4.87. The minimum Gasteiger partial charge on any atom is -0.491 e. The van der Waals surface area contributed by atoms with Crippen LogP contribution in [0.5, 0.6) is 11.5 Å². The fourth-order valence-electron chi connectivity index (χ4n) is 3.30. The molecule has 0 aliphatic carbocycles. The van der Waals surface area contributed by atoms with Crippen molar-refractivity contribution in [2.75, 3.05) is 29.8 Å². The number of carbonyl (C=O) groups excluding carboxylic acids is 1. The van der Waals surface area contributed by atoms with Crippen molar-refractivity contribution in [2.24, 2.45) is 0 Å². The monoisotopic (exact) mass is 432 g/mol. The zero-order valence-electron chi connectivity index (χ0n) is 17.5. The summed E-state index contributed by atoms with van der Waals surface area (Å²) >= 11 is 0. The summed E-state index contributed by atoms with van der Waals surface area (Å²) in [5.74, 6) is 1.08. The normalized spacial score (nSPS) is 16.0. The number of anilines is 1. The predicted molar refractivity (Wildman–Crippen MR) is 117 cm³/mol. The van der Waals surface area contributed by atoms with E-state index in [4.69, 9.17) is 9.47 Å². The molecule has 0 unspecified atom stereocenters. The number of sulfonamides is 1. The first-order valence-corrected chi connectivity index (χ1v) is 11.7. The van der Waals surface area contributed by atoms with Crippen LogP contribution in [-0.4, -0.2) is 45.9 Å². The van der Waals surface area contributed by atoms with Gasteiger partial charge in [0.2, 0.25) is 10.0 Å². The van der Waals surface area contributed by atoms with Gasteiger partial charge in [0.1, 0.15) is 18.1 Å². The number of carbonyl (C=O) groups is 1. The Hall–Kier alpha value is -2.74. The summed E-state index contributed by atoms with van der Waals surface area (Å²) in [6.45, 7) is 6.30. The van der Waals surface area contributed by atoms with E-state index in [9.17, 15) is 13.2 Å². The third-order valence-electron chi connectivity index (χ3n) is 4.93. The van der Waals surface area contributed by atoms with E-state index >= 15 is 0 Å². The van der Waals surface area contributed by atoms with Crippen LogP contribution < -0.4 is 19.1 Å². The van der Waals surface area contributed by atoms with Crippen molar-refractivity contribution < 1.29 is 22.7 Å². The van der Waals surface area contributed by atoms with Crippen LogP contribution in [0.15, 0.2) is 48.5 Å². The summed E-state index contributed by atoms with van der Waals surface area (Å²) in [5, 5.41) is 2.78. The number of nitrogens with one attached hydrogen (secondary N) is 1. The van der Waals surface area contributed by atoms with Crippen LogP contribution in [-0.2, 0) is 14.8 Å². The number of para-hydroxylation sites is 3. The number of fused-ring (bicyclic) bond motifs is 1. The van der Waals surface area contributed by atoms with E-state index in [0.717, 1.165) is 11.3 Å². The molecular formula is C22H28N2O5S. The highest BCUT2D eigenvalue weighted by Gasteiger charge is 2.35. The minimum atomic E-state index is -3.53. The highest BCUT2D eigenvalue weighted by molar-refractivity contribution is 7.92. The van der Waals surface area contributed by atoms with Crippen molar-refractivity contribution in [1.82, 2.24) is 5.32 Å². The number of rotatable bonds is 8. The quantitative estimate of drug-likeness (QED) is 0.649. The van der Waals surface area contributed by atoms with E-state index in [1.54, 1.807) is 31.2 Å². The molecule has 3 rings (SSSR count). The molecule has 2 aromatic carbocycles. The zero-order valence-corrected chi connectivity index (χ0v) is 18.3. The van der Waals surface area contributed by atoms with Crippen molar-refractivity contribution in [3.63, 3.8) is 0 Å². The molecule has 7 nitrogen and oxygen atoms in total. The lowest BCUT2D eigenvalue weighted by molar-refractivity contribution is -0.127. The maximum absolute atomic E-state index is 12.6. The predicted octanol–water partition coefficient (Wildman–Crippen LogP) is 2.92. The van der Waals surface area contributed by atoms with Crippen molar-refractivity contribution in [1.29, 1.82) is 0 Å². The first-order valence-electron chi connectivity index (χ1n) is 10.1. The lowest BCUT2D eigenvalue weighted by Gasteiger charge is -2.34. The van der Waals surface area contributed by atoms with Gasteiger partial charge in [-0.2, -0.15) is 0 Å². The van der Waals surface area contributed by atoms with E-state index in [2.05, 4.69) is 19.2 Å². The Balaban J connectivity index is 1.61. The van der Waals surface area contributed by atoms with Crippen LogP contribution in [0.25, 0.3) is 0 Å². The van der Waals surface area contributed by atoms with Gasteiger partial charge >= 0.3 is 0 Å². The average molecular weight is 433 g/mol. The highest BCUT2D eigenvalue weighted by Crippen LogP contribution is 2.35. The highest BCUT2D eigenvalue weighted by atomic mass is 32.2. The number of ether oxygens (including phenoxy) is 2. The van der Waals surface area contributed by atoms with Gasteiger partial charge in [0.25, 0.3) is 5.91 Å². The van der Waals surface area contributed by atoms with Crippen molar-refractivity contribution in [2.45, 2.75) is 32.8 Å². The molecule has 162 valence electrons. The lowest BCUT2D eigenvalue weighted by atomic mass is 10.0. The van der Waals surface area contributed by atoms with Crippen LogP contribution in [0.3, 0.4) is 0 Å². The molecular weight excluding hydrogens is 404 g/mol. The lowest BCUT2D eigenvalue weighted by Crippen LogP contribution is -2.51. The van der Waals surface area contributed by atoms with E-state index in [1.807, 2.05) is 24.3 Å². The third-order valence-corrected chi connectivity index (χ3v) is 6.67. The van der Waals surface area contributed by atoms with Crippen molar-refractivity contribution >= 4 is 21.6 Å². The second-order valence-electron chi connectivity index (χ2n) is 7.34. The first kappa shape index (κ1) is 22.0. The van der Waals surface area contributed by atoms with Crippen molar-refractivity contribution in [3.05, 3.63) is 54.1 Å². The number of benzene rings is 2. The Kier molecular flexibility index (Phi) is 6.87. The minimum absolute atomic E-state index is 0.0568. The molecule has 1 N–H and O–H groups in total. The molecule has 0 saturated heterocycles. The summed E-state index contributed by atoms with van der Waals surface area (Å²) in [7, 11) is -3.53. The number of nitrogens with zero attached hydrogens (tertiary/aromatic N) is 1. The van der Waals surface area contributed by atoms with Gasteiger partial charge < -0.3 is 14.8 Å². The second kappa shape index (κ2) is 9.38. The molecule has 0 spiro atoms. The van der Waals surface area contributed by atoms with E-state index in [0.29, 0.717) is 24.0 Å². The second-order valence-corrected chi connectivity index (χ2v) is 9.52. The van der Waals surface area contributed by atoms with Crippen molar-refractivity contribution in [3.8, 4) is 11.5 Å². The Morgan fingerprint density at radius 3 is 2.63 bits per heavy atom. The molecule has 1 heterocycles. The van der Waals surface area contributed by atoms with Crippen LogP contribution in [0.1, 0.15) is 32.3 Å². The molecule has 1 aliphatic heterocycles. The Labute approximate surface area is 178 Å². The zero-order chi connectivity index (χ0) is 21.7. The first-order chi connectivity index (χ1) is 14.3. The molecule has 1 aliphatic rings. The summed E-state index contributed by atoms with van der Waals surface area (Å²) in [5.41, 5.74) is 1.56. The largest absolute Gasteiger partial charge is 0.491 e. The number of hydrogen-bond donors (Lipinski definition) is 1. The summed E-state index contributed by atoms with van der Waals surface area (Å²) < 4.78 is 37.9. The maximum Gasteiger partial charge on any atom is 0.263 e. The van der Waals surface area contributed by atoms with E-state index in [-0.39, 0.29) is 24.7 Å². The molecule has 2 aromatic rings. The fraction of sp³-hybridized carbons (Fsp3) is 0.409. The van der Waals surface area contributed by atoms with Crippen LogP contribution in [0.4, 0.5) is 5.69 Å².